The van der Waals surface area contributed by atoms with Gasteiger partial charge in [-0.3, -0.25) is 9.59 Å². The van der Waals surface area contributed by atoms with E-state index in [4.69, 9.17) is 17.3 Å². The summed E-state index contributed by atoms with van der Waals surface area (Å²) in [6, 6.07) is 2.81. The molecule has 1 heterocycles. The third-order valence-corrected chi connectivity index (χ3v) is 3.33. The van der Waals surface area contributed by atoms with E-state index in [1.807, 2.05) is 6.92 Å². The summed E-state index contributed by atoms with van der Waals surface area (Å²) < 4.78 is 0. The lowest BCUT2D eigenvalue weighted by molar-refractivity contribution is -0.117. The second-order valence-corrected chi connectivity index (χ2v) is 5.01. The van der Waals surface area contributed by atoms with Gasteiger partial charge in [0.1, 0.15) is 0 Å². The van der Waals surface area contributed by atoms with E-state index in [9.17, 15) is 9.59 Å². The van der Waals surface area contributed by atoms with Crippen LogP contribution in [-0.4, -0.2) is 17.9 Å². The SMILES string of the molecule is CCC[C@@H](N)C(=O)Nc1cc2c(cc1Cl)NC(=O)C2. The Morgan fingerprint density at radius 2 is 2.32 bits per heavy atom. The number of rotatable bonds is 4. The summed E-state index contributed by atoms with van der Waals surface area (Å²) in [6.45, 7) is 1.97. The number of fused-ring (bicyclic) bond motifs is 1. The predicted octanol–water partition coefficient (Wildman–Crippen LogP) is 1.90. The first-order valence-electron chi connectivity index (χ1n) is 6.20. The number of hydrogen-bond acceptors (Lipinski definition) is 3. The lowest BCUT2D eigenvalue weighted by atomic mass is 10.1. The molecule has 4 N–H and O–H groups in total. The monoisotopic (exact) mass is 281 g/mol. The fourth-order valence-electron chi connectivity index (χ4n) is 2.01. The highest BCUT2D eigenvalue weighted by Crippen LogP contribution is 2.32. The molecule has 19 heavy (non-hydrogen) atoms. The van der Waals surface area contributed by atoms with Crippen LogP contribution in [0.1, 0.15) is 25.3 Å². The topological polar surface area (TPSA) is 84.2 Å². The van der Waals surface area contributed by atoms with Crippen molar-refractivity contribution in [2.24, 2.45) is 5.73 Å². The summed E-state index contributed by atoms with van der Waals surface area (Å²) in [4.78, 5) is 23.1. The van der Waals surface area contributed by atoms with Gasteiger partial charge in [0.2, 0.25) is 11.8 Å². The maximum atomic E-state index is 11.8. The Hall–Kier alpha value is -1.59. The molecule has 0 saturated carbocycles. The van der Waals surface area contributed by atoms with Crippen LogP contribution in [0.4, 0.5) is 11.4 Å². The van der Waals surface area contributed by atoms with Crippen LogP contribution in [0, 0.1) is 0 Å². The number of nitrogens with one attached hydrogen (secondary N) is 2. The zero-order valence-corrected chi connectivity index (χ0v) is 11.4. The Labute approximate surface area is 116 Å². The number of carbonyl (C=O) groups excluding carboxylic acids is 2. The van der Waals surface area contributed by atoms with E-state index in [2.05, 4.69) is 10.6 Å². The summed E-state index contributed by atoms with van der Waals surface area (Å²) in [5, 5.41) is 5.79. The molecular formula is C13H16ClN3O2. The molecule has 0 spiro atoms. The van der Waals surface area contributed by atoms with Crippen molar-refractivity contribution in [3.63, 3.8) is 0 Å². The van der Waals surface area contributed by atoms with Crippen LogP contribution in [0.5, 0.6) is 0 Å². The van der Waals surface area contributed by atoms with E-state index in [1.165, 1.54) is 0 Å². The van der Waals surface area contributed by atoms with Gasteiger partial charge in [0, 0.05) is 5.69 Å². The molecular weight excluding hydrogens is 266 g/mol. The Bertz CT molecular complexity index is 531. The Balaban J connectivity index is 2.16. The average Bonchev–Trinajstić information content (AvgIpc) is 2.69. The zero-order chi connectivity index (χ0) is 14.0. The number of benzene rings is 1. The minimum absolute atomic E-state index is 0.0720. The highest BCUT2D eigenvalue weighted by Gasteiger charge is 2.21. The van der Waals surface area contributed by atoms with E-state index in [0.717, 1.165) is 12.0 Å². The van der Waals surface area contributed by atoms with E-state index < -0.39 is 6.04 Å². The Kier molecular flexibility index (Phi) is 4.07. The molecule has 2 amide bonds. The van der Waals surface area contributed by atoms with E-state index in [-0.39, 0.29) is 11.8 Å². The number of amides is 2. The van der Waals surface area contributed by atoms with E-state index in [0.29, 0.717) is 29.2 Å². The summed E-state index contributed by atoms with van der Waals surface area (Å²) in [5.74, 6) is -0.335. The largest absolute Gasteiger partial charge is 0.325 e. The van der Waals surface area contributed by atoms with Crippen LogP contribution in [0.25, 0.3) is 0 Å². The minimum atomic E-state index is -0.547. The summed E-state index contributed by atoms with van der Waals surface area (Å²) in [7, 11) is 0. The average molecular weight is 282 g/mol. The third kappa shape index (κ3) is 3.05. The van der Waals surface area contributed by atoms with Crippen molar-refractivity contribution in [2.45, 2.75) is 32.2 Å². The fourth-order valence-corrected chi connectivity index (χ4v) is 2.22. The molecule has 2 rings (SSSR count). The Morgan fingerprint density at radius 1 is 1.58 bits per heavy atom. The van der Waals surface area contributed by atoms with Gasteiger partial charge in [-0.25, -0.2) is 0 Å². The molecule has 1 aromatic rings. The van der Waals surface area contributed by atoms with Gasteiger partial charge in [0.05, 0.1) is 23.2 Å². The lowest BCUT2D eigenvalue weighted by Gasteiger charge is -2.13. The smallest absolute Gasteiger partial charge is 0.241 e. The molecule has 0 bridgehead atoms. The lowest BCUT2D eigenvalue weighted by Crippen LogP contribution is -2.35. The highest BCUT2D eigenvalue weighted by molar-refractivity contribution is 6.34. The number of halogens is 1. The standard InChI is InChI=1S/C13H16ClN3O2/c1-2-3-9(15)13(19)17-11-4-7-5-12(18)16-10(7)6-8(11)14/h4,6,9H,2-3,5,15H2,1H3,(H,16,18)(H,17,19)/t9-/m1/s1. The molecule has 0 fully saturated rings. The molecule has 0 saturated heterocycles. The molecule has 1 aliphatic rings. The summed E-state index contributed by atoms with van der Waals surface area (Å²) >= 11 is 6.07. The molecule has 0 unspecified atom stereocenters. The van der Waals surface area contributed by atoms with Gasteiger partial charge < -0.3 is 16.4 Å². The van der Waals surface area contributed by atoms with E-state index >= 15 is 0 Å². The molecule has 102 valence electrons. The van der Waals surface area contributed by atoms with Gasteiger partial charge in [0.15, 0.2) is 0 Å². The maximum Gasteiger partial charge on any atom is 0.241 e. The quantitative estimate of drug-likeness (QED) is 0.788. The zero-order valence-electron chi connectivity index (χ0n) is 10.6. The summed E-state index contributed by atoms with van der Waals surface area (Å²) in [6.07, 6.45) is 1.76. The molecule has 5 nitrogen and oxygen atoms in total. The van der Waals surface area contributed by atoms with Gasteiger partial charge in [0.25, 0.3) is 0 Å². The van der Waals surface area contributed by atoms with Gasteiger partial charge in [-0.15, -0.1) is 0 Å². The van der Waals surface area contributed by atoms with Gasteiger partial charge in [-0.2, -0.15) is 0 Å². The first kappa shape index (κ1) is 13.8. The molecule has 6 heteroatoms. The van der Waals surface area contributed by atoms with Crippen molar-refractivity contribution in [3.05, 3.63) is 22.7 Å². The first-order valence-corrected chi connectivity index (χ1v) is 6.57. The van der Waals surface area contributed by atoms with Gasteiger partial charge >= 0.3 is 0 Å². The first-order chi connectivity index (χ1) is 9.01. The van der Waals surface area contributed by atoms with Crippen molar-refractivity contribution in [1.82, 2.24) is 0 Å². The van der Waals surface area contributed by atoms with Crippen LogP contribution in [0.3, 0.4) is 0 Å². The van der Waals surface area contributed by atoms with Crippen molar-refractivity contribution < 1.29 is 9.59 Å². The van der Waals surface area contributed by atoms with Crippen molar-refractivity contribution in [1.29, 1.82) is 0 Å². The molecule has 1 aliphatic heterocycles. The number of nitrogens with two attached hydrogens (primary N) is 1. The van der Waals surface area contributed by atoms with Gasteiger partial charge in [-0.05, 0) is 24.1 Å². The molecule has 1 atom stereocenters. The third-order valence-electron chi connectivity index (χ3n) is 3.01. The minimum Gasteiger partial charge on any atom is -0.325 e. The second kappa shape index (κ2) is 5.59. The van der Waals surface area contributed by atoms with Crippen LogP contribution < -0.4 is 16.4 Å². The van der Waals surface area contributed by atoms with Crippen LogP contribution >= 0.6 is 11.6 Å². The number of hydrogen-bond donors (Lipinski definition) is 3. The molecule has 0 radical (unpaired) electrons. The van der Waals surface area contributed by atoms with Crippen molar-refractivity contribution in [3.8, 4) is 0 Å². The van der Waals surface area contributed by atoms with Crippen molar-refractivity contribution >= 4 is 34.8 Å². The van der Waals surface area contributed by atoms with Crippen LogP contribution in [0.2, 0.25) is 5.02 Å². The number of carbonyl (C=O) groups is 2. The summed E-state index contributed by atoms with van der Waals surface area (Å²) in [5.41, 5.74) is 7.76. The fraction of sp³-hybridized carbons (Fsp3) is 0.385. The maximum absolute atomic E-state index is 11.8. The Morgan fingerprint density at radius 3 is 3.00 bits per heavy atom. The van der Waals surface area contributed by atoms with Crippen molar-refractivity contribution in [2.75, 3.05) is 10.6 Å². The molecule has 0 aromatic heterocycles. The normalized spacial score (nSPS) is 14.8. The predicted molar refractivity (Wildman–Crippen MR) is 75.3 cm³/mol. The molecule has 0 aliphatic carbocycles. The highest BCUT2D eigenvalue weighted by atomic mass is 35.5. The molecule has 1 aromatic carbocycles. The van der Waals surface area contributed by atoms with E-state index in [1.54, 1.807) is 12.1 Å². The van der Waals surface area contributed by atoms with Crippen LogP contribution in [-0.2, 0) is 16.0 Å². The van der Waals surface area contributed by atoms with Crippen LogP contribution in [0.15, 0.2) is 12.1 Å². The van der Waals surface area contributed by atoms with Gasteiger partial charge in [-0.1, -0.05) is 24.9 Å². The second-order valence-electron chi connectivity index (χ2n) is 4.60. The number of anilines is 2.